The van der Waals surface area contributed by atoms with Crippen molar-refractivity contribution in [2.24, 2.45) is 4.99 Å². The second kappa shape index (κ2) is 6.03. The van der Waals surface area contributed by atoms with Gasteiger partial charge in [-0.3, -0.25) is 14.9 Å². The van der Waals surface area contributed by atoms with Gasteiger partial charge in [-0.2, -0.15) is 0 Å². The number of hydrogen-bond acceptors (Lipinski definition) is 3. The third-order valence-corrected chi connectivity index (χ3v) is 4.25. The molecule has 0 saturated heterocycles. The Labute approximate surface area is 148 Å². The lowest BCUT2D eigenvalue weighted by Crippen LogP contribution is -2.17. The monoisotopic (exact) mass is 347 g/mol. The molecule has 4 aromatic rings. The molecule has 7 heteroatoms. The van der Waals surface area contributed by atoms with Crippen LogP contribution in [0.2, 0.25) is 0 Å². The van der Waals surface area contributed by atoms with Crippen molar-refractivity contribution in [2.75, 3.05) is 0 Å². The molecule has 4 rings (SSSR count). The fourth-order valence-corrected chi connectivity index (χ4v) is 2.83. The number of benzene rings is 2. The van der Waals surface area contributed by atoms with E-state index in [1.54, 1.807) is 24.4 Å². The minimum absolute atomic E-state index is 0.161. The zero-order chi connectivity index (χ0) is 18.3. The molecule has 130 valence electrons. The highest BCUT2D eigenvalue weighted by Gasteiger charge is 2.10. The van der Waals surface area contributed by atoms with Crippen LogP contribution in [0, 0.1) is 13.8 Å². The van der Waals surface area contributed by atoms with Gasteiger partial charge in [0.25, 0.3) is 5.56 Å². The van der Waals surface area contributed by atoms with Crippen LogP contribution in [0.3, 0.4) is 0 Å². The van der Waals surface area contributed by atoms with Crippen LogP contribution < -0.4 is 11.2 Å². The summed E-state index contributed by atoms with van der Waals surface area (Å²) in [6, 6.07) is 13.0. The highest BCUT2D eigenvalue weighted by molar-refractivity contribution is 5.85. The van der Waals surface area contributed by atoms with Crippen LogP contribution in [-0.4, -0.2) is 26.0 Å². The maximum Gasteiger partial charge on any atom is 0.323 e. The number of aromatic amines is 3. The molecular formula is C19H17N5O2. The number of aryl methyl sites for hydroxylation is 2. The minimum Gasteiger partial charge on any atom is -0.306 e. The largest absolute Gasteiger partial charge is 0.323 e. The fourth-order valence-electron chi connectivity index (χ4n) is 2.83. The van der Waals surface area contributed by atoms with Crippen molar-refractivity contribution < 1.29 is 0 Å². The highest BCUT2D eigenvalue weighted by Crippen LogP contribution is 2.17. The molecule has 0 radical (unpaired) electrons. The topological polar surface area (TPSA) is 98.8 Å². The predicted octanol–water partition coefficient (Wildman–Crippen LogP) is 2.70. The predicted molar refractivity (Wildman–Crippen MR) is 102 cm³/mol. The van der Waals surface area contributed by atoms with Crippen molar-refractivity contribution >= 4 is 22.9 Å². The molecule has 3 N–H and O–H groups in total. The molecule has 0 amide bonds. The molecule has 0 atom stereocenters. The Balaban J connectivity index is 1.71. The number of aromatic nitrogens is 4. The molecule has 0 aliphatic heterocycles. The van der Waals surface area contributed by atoms with Gasteiger partial charge in [-0.15, -0.1) is 0 Å². The molecule has 0 aliphatic carbocycles. The zero-order valence-corrected chi connectivity index (χ0v) is 14.3. The molecule has 2 aromatic carbocycles. The second-order valence-corrected chi connectivity index (χ2v) is 6.19. The summed E-state index contributed by atoms with van der Waals surface area (Å²) in [4.78, 5) is 33.8. The summed E-state index contributed by atoms with van der Waals surface area (Å²) in [5, 5.41) is 3.08. The van der Waals surface area contributed by atoms with E-state index < -0.39 is 0 Å². The third-order valence-electron chi connectivity index (χ3n) is 4.25. The molecule has 0 aliphatic rings. The Hall–Kier alpha value is -3.61. The van der Waals surface area contributed by atoms with Crippen LogP contribution in [0.1, 0.15) is 16.8 Å². The molecular weight excluding hydrogens is 330 g/mol. The van der Waals surface area contributed by atoms with Crippen LogP contribution in [0.5, 0.6) is 0 Å². The SMILES string of the molecule is Cc1ccc(-n2[nH]c(C)c(C=Nc3ccc4[nH]c(=O)[nH]c4c3)c2=O)cc1. The maximum atomic E-state index is 12.7. The number of fused-ring (bicyclic) bond motifs is 1. The standard InChI is InChI=1S/C19H17N5O2/c1-11-3-6-14(7-4-11)24-18(25)15(12(2)23-24)10-20-13-5-8-16-17(9-13)22-19(26)21-16/h3-10,23H,1-2H3,(H2,21,22,26). The van der Waals surface area contributed by atoms with E-state index in [4.69, 9.17) is 0 Å². The Morgan fingerprint density at radius 3 is 2.46 bits per heavy atom. The smallest absolute Gasteiger partial charge is 0.306 e. The number of nitrogens with one attached hydrogen (secondary N) is 3. The average molecular weight is 347 g/mol. The summed E-state index contributed by atoms with van der Waals surface area (Å²) >= 11 is 0. The highest BCUT2D eigenvalue weighted by atomic mass is 16.1. The van der Waals surface area contributed by atoms with Crippen LogP contribution in [0.25, 0.3) is 16.7 Å². The van der Waals surface area contributed by atoms with Crippen LogP contribution >= 0.6 is 0 Å². The number of imidazole rings is 1. The molecule has 26 heavy (non-hydrogen) atoms. The van der Waals surface area contributed by atoms with E-state index in [1.807, 2.05) is 38.1 Å². The van der Waals surface area contributed by atoms with Gasteiger partial charge in [-0.05, 0) is 44.2 Å². The number of hydrogen-bond donors (Lipinski definition) is 3. The first-order chi connectivity index (χ1) is 12.5. The number of H-pyrrole nitrogens is 3. The number of aliphatic imine (C=N–C) groups is 1. The van der Waals surface area contributed by atoms with Gasteiger partial charge in [0.1, 0.15) is 0 Å². The summed E-state index contributed by atoms with van der Waals surface area (Å²) in [5.74, 6) is 0. The van der Waals surface area contributed by atoms with Crippen molar-refractivity contribution in [3.63, 3.8) is 0 Å². The first-order valence-electron chi connectivity index (χ1n) is 8.16. The van der Waals surface area contributed by atoms with E-state index in [0.717, 1.165) is 16.9 Å². The molecule has 0 bridgehead atoms. The average Bonchev–Trinajstić information content (AvgIpc) is 3.12. The Morgan fingerprint density at radius 1 is 0.962 bits per heavy atom. The van der Waals surface area contributed by atoms with Crippen molar-refractivity contribution in [1.29, 1.82) is 0 Å². The maximum absolute atomic E-state index is 12.7. The van der Waals surface area contributed by atoms with Gasteiger partial charge in [0.05, 0.1) is 28.0 Å². The lowest BCUT2D eigenvalue weighted by molar-refractivity contribution is 0.835. The first kappa shape index (κ1) is 15.9. The van der Waals surface area contributed by atoms with Gasteiger partial charge < -0.3 is 9.97 Å². The first-order valence-corrected chi connectivity index (χ1v) is 8.16. The molecule has 0 fully saturated rings. The van der Waals surface area contributed by atoms with Crippen molar-refractivity contribution in [2.45, 2.75) is 13.8 Å². The van der Waals surface area contributed by atoms with Gasteiger partial charge >= 0.3 is 5.69 Å². The Bertz CT molecular complexity index is 1240. The number of rotatable bonds is 3. The van der Waals surface area contributed by atoms with E-state index in [9.17, 15) is 9.59 Å². The summed E-state index contributed by atoms with van der Waals surface area (Å²) in [6.45, 7) is 3.83. The van der Waals surface area contributed by atoms with Gasteiger partial charge in [0.15, 0.2) is 0 Å². The van der Waals surface area contributed by atoms with Crippen molar-refractivity contribution in [3.8, 4) is 5.69 Å². The molecule has 0 unspecified atom stereocenters. The minimum atomic E-state index is -0.261. The van der Waals surface area contributed by atoms with Gasteiger partial charge in [-0.1, -0.05) is 17.7 Å². The van der Waals surface area contributed by atoms with Gasteiger partial charge in [-0.25, -0.2) is 9.48 Å². The molecule has 0 spiro atoms. The Kier molecular flexibility index (Phi) is 3.69. The van der Waals surface area contributed by atoms with Crippen LogP contribution in [-0.2, 0) is 0 Å². The van der Waals surface area contributed by atoms with E-state index in [1.165, 1.54) is 4.68 Å². The molecule has 2 heterocycles. The normalized spacial score (nSPS) is 11.6. The van der Waals surface area contributed by atoms with E-state index >= 15 is 0 Å². The lowest BCUT2D eigenvalue weighted by atomic mass is 10.2. The third kappa shape index (κ3) is 2.79. The molecule has 2 aromatic heterocycles. The van der Waals surface area contributed by atoms with Crippen molar-refractivity contribution in [3.05, 3.63) is 80.1 Å². The zero-order valence-electron chi connectivity index (χ0n) is 14.3. The van der Waals surface area contributed by atoms with Crippen molar-refractivity contribution in [1.82, 2.24) is 19.7 Å². The van der Waals surface area contributed by atoms with Gasteiger partial charge in [0.2, 0.25) is 0 Å². The summed E-state index contributed by atoms with van der Waals surface area (Å²) in [6.07, 6.45) is 1.55. The fraction of sp³-hybridized carbons (Fsp3) is 0.105. The summed E-state index contributed by atoms with van der Waals surface area (Å²) < 4.78 is 1.50. The van der Waals surface area contributed by atoms with Crippen LogP contribution in [0.15, 0.2) is 57.0 Å². The van der Waals surface area contributed by atoms with E-state index in [2.05, 4.69) is 20.1 Å². The molecule has 7 nitrogen and oxygen atoms in total. The lowest BCUT2D eigenvalue weighted by Gasteiger charge is -2.01. The van der Waals surface area contributed by atoms with Gasteiger partial charge in [0, 0.05) is 11.9 Å². The quantitative estimate of drug-likeness (QED) is 0.497. The van der Waals surface area contributed by atoms with E-state index in [-0.39, 0.29) is 11.2 Å². The summed E-state index contributed by atoms with van der Waals surface area (Å²) in [5.41, 5.74) is 4.74. The van der Waals surface area contributed by atoms with E-state index in [0.29, 0.717) is 22.3 Å². The Morgan fingerprint density at radius 2 is 1.69 bits per heavy atom. The number of nitrogens with zero attached hydrogens (tertiary/aromatic N) is 2. The second-order valence-electron chi connectivity index (χ2n) is 6.19. The molecule has 0 saturated carbocycles. The van der Waals surface area contributed by atoms with Crippen LogP contribution in [0.4, 0.5) is 5.69 Å². The summed E-state index contributed by atoms with van der Waals surface area (Å²) in [7, 11) is 0.